The van der Waals surface area contributed by atoms with E-state index in [0.717, 1.165) is 10.6 Å². The lowest BCUT2D eigenvalue weighted by Crippen LogP contribution is -1.98. The summed E-state index contributed by atoms with van der Waals surface area (Å²) in [7, 11) is 0. The number of nitro benzene ring substituents is 1. The number of anilines is 1. The Morgan fingerprint density at radius 2 is 1.95 bits per heavy atom. The van der Waals surface area contributed by atoms with E-state index < -0.39 is 4.92 Å². The smallest absolute Gasteiger partial charge is 0.271 e. The van der Waals surface area contributed by atoms with E-state index in [-0.39, 0.29) is 5.69 Å². The SMILES string of the molecule is O=[N+]([O-])c1cccc(NCSc2ccc(Cl)cc2)c1. The molecule has 0 aromatic heterocycles. The lowest BCUT2D eigenvalue weighted by Gasteiger charge is -2.06. The minimum absolute atomic E-state index is 0.0847. The Hall–Kier alpha value is -1.72. The maximum absolute atomic E-state index is 10.6. The molecule has 0 amide bonds. The second-order valence-corrected chi connectivity index (χ2v) is 5.21. The first-order valence-corrected chi connectivity index (χ1v) is 6.88. The molecule has 2 aromatic rings. The van der Waals surface area contributed by atoms with Crippen LogP contribution in [-0.4, -0.2) is 10.8 Å². The van der Waals surface area contributed by atoms with Crippen molar-refractivity contribution in [2.45, 2.75) is 4.90 Å². The molecule has 0 bridgehead atoms. The van der Waals surface area contributed by atoms with E-state index in [4.69, 9.17) is 11.6 Å². The second kappa shape index (κ2) is 6.45. The fraction of sp³-hybridized carbons (Fsp3) is 0.0769. The first-order valence-electron chi connectivity index (χ1n) is 5.52. The van der Waals surface area contributed by atoms with Crippen LogP contribution in [-0.2, 0) is 0 Å². The molecule has 0 saturated heterocycles. The number of halogens is 1. The van der Waals surface area contributed by atoms with Gasteiger partial charge < -0.3 is 5.32 Å². The Balaban J connectivity index is 1.90. The minimum Gasteiger partial charge on any atom is -0.375 e. The van der Waals surface area contributed by atoms with Gasteiger partial charge in [0.1, 0.15) is 0 Å². The van der Waals surface area contributed by atoms with Gasteiger partial charge in [0.15, 0.2) is 0 Å². The van der Waals surface area contributed by atoms with Crippen molar-refractivity contribution in [3.63, 3.8) is 0 Å². The molecule has 98 valence electrons. The standard InChI is InChI=1S/C13H11ClN2O2S/c14-10-4-6-13(7-5-10)19-9-15-11-2-1-3-12(8-11)16(17)18/h1-8,15H,9H2. The van der Waals surface area contributed by atoms with Gasteiger partial charge >= 0.3 is 0 Å². The molecule has 6 heteroatoms. The van der Waals surface area contributed by atoms with Gasteiger partial charge in [-0.15, -0.1) is 11.8 Å². The van der Waals surface area contributed by atoms with Crippen LogP contribution < -0.4 is 5.32 Å². The van der Waals surface area contributed by atoms with Crippen LogP contribution in [0.4, 0.5) is 11.4 Å². The van der Waals surface area contributed by atoms with Gasteiger partial charge in [0, 0.05) is 27.7 Å². The lowest BCUT2D eigenvalue weighted by atomic mass is 10.3. The fourth-order valence-electron chi connectivity index (χ4n) is 1.46. The van der Waals surface area contributed by atoms with Crippen molar-refractivity contribution in [2.24, 2.45) is 0 Å². The summed E-state index contributed by atoms with van der Waals surface area (Å²) in [6.07, 6.45) is 0. The van der Waals surface area contributed by atoms with Crippen molar-refractivity contribution >= 4 is 34.7 Å². The highest BCUT2D eigenvalue weighted by Gasteiger charge is 2.04. The molecule has 0 aliphatic heterocycles. The third-order valence-electron chi connectivity index (χ3n) is 2.39. The Morgan fingerprint density at radius 3 is 2.63 bits per heavy atom. The first kappa shape index (κ1) is 13.7. The number of rotatable bonds is 5. The molecule has 0 fully saturated rings. The van der Waals surface area contributed by atoms with Crippen molar-refractivity contribution in [1.29, 1.82) is 0 Å². The van der Waals surface area contributed by atoms with E-state index >= 15 is 0 Å². The normalized spacial score (nSPS) is 10.2. The van der Waals surface area contributed by atoms with Gasteiger partial charge in [0.2, 0.25) is 0 Å². The van der Waals surface area contributed by atoms with Gasteiger partial charge in [0.05, 0.1) is 10.8 Å². The predicted octanol–water partition coefficient (Wildman–Crippen LogP) is 4.41. The summed E-state index contributed by atoms with van der Waals surface area (Å²) in [5, 5.41) is 14.5. The third kappa shape index (κ3) is 4.15. The number of benzene rings is 2. The van der Waals surface area contributed by atoms with Gasteiger partial charge in [-0.25, -0.2) is 0 Å². The van der Waals surface area contributed by atoms with Crippen molar-refractivity contribution in [1.82, 2.24) is 0 Å². The zero-order chi connectivity index (χ0) is 13.7. The molecule has 4 nitrogen and oxygen atoms in total. The molecule has 0 atom stereocenters. The van der Waals surface area contributed by atoms with Gasteiger partial charge in [-0.3, -0.25) is 10.1 Å². The van der Waals surface area contributed by atoms with Crippen molar-refractivity contribution in [3.8, 4) is 0 Å². The molecule has 0 heterocycles. The van der Waals surface area contributed by atoms with Crippen molar-refractivity contribution < 1.29 is 4.92 Å². The summed E-state index contributed by atoms with van der Waals surface area (Å²) in [6.45, 7) is 0. The quantitative estimate of drug-likeness (QED) is 0.384. The minimum atomic E-state index is -0.405. The van der Waals surface area contributed by atoms with E-state index in [1.807, 2.05) is 24.3 Å². The van der Waals surface area contributed by atoms with Gasteiger partial charge in [-0.05, 0) is 30.3 Å². The largest absolute Gasteiger partial charge is 0.375 e. The third-order valence-corrected chi connectivity index (χ3v) is 3.53. The molecule has 0 aliphatic carbocycles. The molecule has 2 rings (SSSR count). The highest BCUT2D eigenvalue weighted by molar-refractivity contribution is 7.99. The fourth-order valence-corrected chi connectivity index (χ4v) is 2.32. The number of nitro groups is 1. The van der Waals surface area contributed by atoms with E-state index in [1.165, 1.54) is 12.1 Å². The number of nitrogens with zero attached hydrogens (tertiary/aromatic N) is 1. The molecule has 1 N–H and O–H groups in total. The van der Waals surface area contributed by atoms with Crippen molar-refractivity contribution in [2.75, 3.05) is 11.2 Å². The van der Waals surface area contributed by atoms with E-state index in [0.29, 0.717) is 10.9 Å². The molecule has 0 saturated carbocycles. The topological polar surface area (TPSA) is 55.2 Å². The van der Waals surface area contributed by atoms with Crippen LogP contribution in [0.5, 0.6) is 0 Å². The molecule has 0 aliphatic rings. The molecule has 0 spiro atoms. The summed E-state index contributed by atoms with van der Waals surface area (Å²) in [5.74, 6) is 0.628. The maximum Gasteiger partial charge on any atom is 0.271 e. The molecule has 0 radical (unpaired) electrons. The Labute approximate surface area is 119 Å². The van der Waals surface area contributed by atoms with Crippen molar-refractivity contribution in [3.05, 3.63) is 63.7 Å². The number of hydrogen-bond donors (Lipinski definition) is 1. The number of nitrogens with one attached hydrogen (secondary N) is 1. The monoisotopic (exact) mass is 294 g/mol. The van der Waals surface area contributed by atoms with E-state index in [9.17, 15) is 10.1 Å². The molecular formula is C13H11ClN2O2S. The van der Waals surface area contributed by atoms with Crippen LogP contribution in [0.1, 0.15) is 0 Å². The lowest BCUT2D eigenvalue weighted by molar-refractivity contribution is -0.384. The van der Waals surface area contributed by atoms with E-state index in [2.05, 4.69) is 5.32 Å². The molecule has 2 aromatic carbocycles. The van der Waals surface area contributed by atoms with Gasteiger partial charge in [-0.1, -0.05) is 17.7 Å². The van der Waals surface area contributed by atoms with Gasteiger partial charge in [0.25, 0.3) is 5.69 Å². The summed E-state index contributed by atoms with van der Waals surface area (Å²) < 4.78 is 0. The molecule has 19 heavy (non-hydrogen) atoms. The van der Waals surface area contributed by atoms with Crippen LogP contribution >= 0.6 is 23.4 Å². The van der Waals surface area contributed by atoms with Crippen LogP contribution in [0.2, 0.25) is 5.02 Å². The average Bonchev–Trinajstić information content (AvgIpc) is 2.41. The average molecular weight is 295 g/mol. The molecular weight excluding hydrogens is 284 g/mol. The summed E-state index contributed by atoms with van der Waals surface area (Å²) >= 11 is 7.40. The van der Waals surface area contributed by atoms with E-state index in [1.54, 1.807) is 23.9 Å². The number of thioether (sulfide) groups is 1. The zero-order valence-electron chi connectivity index (χ0n) is 9.88. The maximum atomic E-state index is 10.6. The Morgan fingerprint density at radius 1 is 1.21 bits per heavy atom. The summed E-state index contributed by atoms with van der Waals surface area (Å²) in [4.78, 5) is 11.3. The highest BCUT2D eigenvalue weighted by Crippen LogP contribution is 2.22. The van der Waals surface area contributed by atoms with Gasteiger partial charge in [-0.2, -0.15) is 0 Å². The summed E-state index contributed by atoms with van der Waals surface area (Å²) in [5.41, 5.74) is 0.817. The summed E-state index contributed by atoms with van der Waals surface area (Å²) in [6, 6.07) is 14.0. The zero-order valence-corrected chi connectivity index (χ0v) is 11.4. The highest BCUT2D eigenvalue weighted by atomic mass is 35.5. The van der Waals surface area contributed by atoms with Crippen LogP contribution in [0, 0.1) is 10.1 Å². The predicted molar refractivity (Wildman–Crippen MR) is 78.9 cm³/mol. The Kier molecular flexibility index (Phi) is 4.65. The molecule has 0 unspecified atom stereocenters. The Bertz CT molecular complexity index is 575. The number of hydrogen-bond acceptors (Lipinski definition) is 4. The van der Waals surface area contributed by atoms with Crippen LogP contribution in [0.15, 0.2) is 53.4 Å². The van der Waals surface area contributed by atoms with Crippen LogP contribution in [0.25, 0.3) is 0 Å². The number of non-ortho nitro benzene ring substituents is 1. The van der Waals surface area contributed by atoms with Crippen LogP contribution in [0.3, 0.4) is 0 Å². The first-order chi connectivity index (χ1) is 9.15. The second-order valence-electron chi connectivity index (χ2n) is 3.73.